The molecule has 1 aromatic carbocycles. The van der Waals surface area contributed by atoms with Crippen LogP contribution in [-0.2, 0) is 4.79 Å². The van der Waals surface area contributed by atoms with Crippen LogP contribution in [0.4, 0.5) is 0 Å². The summed E-state index contributed by atoms with van der Waals surface area (Å²) in [5.74, 6) is -0.0521. The zero-order valence-corrected chi connectivity index (χ0v) is 8.77. The van der Waals surface area contributed by atoms with E-state index in [1.54, 1.807) is 6.08 Å². The molecule has 0 spiro atoms. The highest BCUT2D eigenvalue weighted by molar-refractivity contribution is 6.07. The van der Waals surface area contributed by atoms with Gasteiger partial charge in [0, 0.05) is 12.0 Å². The Morgan fingerprint density at radius 3 is 2.62 bits per heavy atom. The summed E-state index contributed by atoms with van der Waals surface area (Å²) in [6.07, 6.45) is 2.27. The Hall–Kier alpha value is -2.03. The van der Waals surface area contributed by atoms with E-state index >= 15 is 0 Å². The summed E-state index contributed by atoms with van der Waals surface area (Å²) < 4.78 is 5.33. The third kappa shape index (κ3) is 2.14. The second-order valence-corrected chi connectivity index (χ2v) is 3.56. The summed E-state index contributed by atoms with van der Waals surface area (Å²) in [4.78, 5) is 10.7. The molecule has 0 aliphatic heterocycles. The first kappa shape index (κ1) is 10.5. The van der Waals surface area contributed by atoms with Crippen molar-refractivity contribution in [2.45, 2.75) is 6.42 Å². The predicted octanol–water partition coefficient (Wildman–Crippen LogP) is 2.49. The number of carboxylic acid groups (broad SMARTS) is 1. The SMILES string of the molecule is C=CCOc1ccc(C2=C(C(=O)O)C2)cc1. The molecule has 0 fully saturated rings. The maximum absolute atomic E-state index is 10.7. The lowest BCUT2D eigenvalue weighted by Gasteiger charge is -2.02. The van der Waals surface area contributed by atoms with Crippen molar-refractivity contribution in [1.29, 1.82) is 0 Å². The molecule has 0 saturated heterocycles. The van der Waals surface area contributed by atoms with Crippen LogP contribution in [0.2, 0.25) is 0 Å². The maximum atomic E-state index is 10.7. The Labute approximate surface area is 93.7 Å². The zero-order valence-electron chi connectivity index (χ0n) is 8.77. The maximum Gasteiger partial charge on any atom is 0.332 e. The number of carbonyl (C=O) groups is 1. The van der Waals surface area contributed by atoms with Crippen LogP contribution in [0, 0.1) is 0 Å². The van der Waals surface area contributed by atoms with Crippen molar-refractivity contribution in [3.05, 3.63) is 48.1 Å². The average Bonchev–Trinajstić information content (AvgIpc) is 3.07. The van der Waals surface area contributed by atoms with Gasteiger partial charge in [-0.25, -0.2) is 4.79 Å². The van der Waals surface area contributed by atoms with Crippen molar-refractivity contribution in [2.75, 3.05) is 6.61 Å². The van der Waals surface area contributed by atoms with E-state index in [2.05, 4.69) is 6.58 Å². The minimum atomic E-state index is -0.818. The first-order chi connectivity index (χ1) is 7.72. The molecule has 0 radical (unpaired) electrons. The van der Waals surface area contributed by atoms with Gasteiger partial charge in [0.1, 0.15) is 12.4 Å². The Kier molecular flexibility index (Phi) is 2.77. The van der Waals surface area contributed by atoms with Crippen molar-refractivity contribution in [1.82, 2.24) is 0 Å². The molecule has 3 heteroatoms. The number of aliphatic carboxylic acids is 1. The summed E-state index contributed by atoms with van der Waals surface area (Å²) >= 11 is 0. The zero-order chi connectivity index (χ0) is 11.5. The lowest BCUT2D eigenvalue weighted by molar-refractivity contribution is -0.132. The Bertz CT molecular complexity index is 455. The molecule has 0 saturated carbocycles. The topological polar surface area (TPSA) is 46.5 Å². The second-order valence-electron chi connectivity index (χ2n) is 3.56. The minimum Gasteiger partial charge on any atom is -0.490 e. The second kappa shape index (κ2) is 4.23. The van der Waals surface area contributed by atoms with Crippen molar-refractivity contribution < 1.29 is 14.6 Å². The van der Waals surface area contributed by atoms with E-state index in [9.17, 15) is 4.79 Å². The Morgan fingerprint density at radius 1 is 1.44 bits per heavy atom. The van der Waals surface area contributed by atoms with Crippen LogP contribution in [-0.4, -0.2) is 17.7 Å². The van der Waals surface area contributed by atoms with Gasteiger partial charge in [0.2, 0.25) is 0 Å². The van der Waals surface area contributed by atoms with E-state index in [0.717, 1.165) is 16.9 Å². The van der Waals surface area contributed by atoms with Gasteiger partial charge in [-0.05, 0) is 23.3 Å². The van der Waals surface area contributed by atoms with E-state index < -0.39 is 5.97 Å². The smallest absolute Gasteiger partial charge is 0.332 e. The molecule has 1 aliphatic rings. The fourth-order valence-electron chi connectivity index (χ4n) is 1.52. The standard InChI is InChI=1S/C13H12O3/c1-2-7-16-10-5-3-9(4-6-10)11-8-12(11)13(14)15/h2-6H,1,7-8H2,(H,14,15). The third-order valence-electron chi connectivity index (χ3n) is 2.42. The fourth-order valence-corrected chi connectivity index (χ4v) is 1.52. The summed E-state index contributed by atoms with van der Waals surface area (Å²) in [7, 11) is 0. The summed E-state index contributed by atoms with van der Waals surface area (Å²) in [6, 6.07) is 7.43. The van der Waals surface area contributed by atoms with E-state index in [1.807, 2.05) is 24.3 Å². The monoisotopic (exact) mass is 216 g/mol. The molecule has 82 valence electrons. The molecular formula is C13H12O3. The Morgan fingerprint density at radius 2 is 2.12 bits per heavy atom. The van der Waals surface area contributed by atoms with Gasteiger partial charge in [-0.2, -0.15) is 0 Å². The van der Waals surface area contributed by atoms with Gasteiger partial charge >= 0.3 is 5.97 Å². The molecule has 1 aromatic rings. The van der Waals surface area contributed by atoms with E-state index in [4.69, 9.17) is 9.84 Å². The highest BCUT2D eigenvalue weighted by atomic mass is 16.5. The van der Waals surface area contributed by atoms with Gasteiger partial charge < -0.3 is 9.84 Å². The minimum absolute atomic E-state index is 0.475. The number of hydrogen-bond donors (Lipinski definition) is 1. The molecule has 0 unspecified atom stereocenters. The van der Waals surface area contributed by atoms with Crippen LogP contribution >= 0.6 is 0 Å². The number of hydrogen-bond acceptors (Lipinski definition) is 2. The molecule has 16 heavy (non-hydrogen) atoms. The van der Waals surface area contributed by atoms with Gasteiger partial charge in [0.15, 0.2) is 0 Å². The highest BCUT2D eigenvalue weighted by Gasteiger charge is 2.28. The molecule has 2 rings (SSSR count). The van der Waals surface area contributed by atoms with Crippen LogP contribution in [0.15, 0.2) is 42.5 Å². The quantitative estimate of drug-likeness (QED) is 0.769. The molecule has 1 N–H and O–H groups in total. The summed E-state index contributed by atoms with van der Waals surface area (Å²) in [5.41, 5.74) is 2.39. The number of benzene rings is 1. The van der Waals surface area contributed by atoms with Crippen LogP contribution in [0.1, 0.15) is 12.0 Å². The first-order valence-corrected chi connectivity index (χ1v) is 5.02. The van der Waals surface area contributed by atoms with Crippen LogP contribution in [0.3, 0.4) is 0 Å². The molecular weight excluding hydrogens is 204 g/mol. The van der Waals surface area contributed by atoms with Crippen LogP contribution in [0.25, 0.3) is 5.57 Å². The molecule has 0 aromatic heterocycles. The molecule has 1 aliphatic carbocycles. The van der Waals surface area contributed by atoms with E-state index in [0.29, 0.717) is 18.6 Å². The van der Waals surface area contributed by atoms with Gasteiger partial charge in [-0.15, -0.1) is 0 Å². The number of ether oxygens (including phenoxy) is 1. The normalized spacial score (nSPS) is 13.5. The van der Waals surface area contributed by atoms with Crippen molar-refractivity contribution >= 4 is 11.5 Å². The summed E-state index contributed by atoms with van der Waals surface area (Å²) in [6.45, 7) is 4.04. The van der Waals surface area contributed by atoms with Crippen molar-refractivity contribution in [3.63, 3.8) is 0 Å². The average molecular weight is 216 g/mol. The first-order valence-electron chi connectivity index (χ1n) is 5.02. The molecule has 3 nitrogen and oxygen atoms in total. The van der Waals surface area contributed by atoms with Gasteiger partial charge in [-0.1, -0.05) is 24.8 Å². The predicted molar refractivity (Wildman–Crippen MR) is 61.3 cm³/mol. The molecule has 0 atom stereocenters. The number of rotatable bonds is 5. The highest BCUT2D eigenvalue weighted by Crippen LogP contribution is 2.40. The number of allylic oxidation sites excluding steroid dienone is 1. The molecule has 0 heterocycles. The Balaban J connectivity index is 2.09. The largest absolute Gasteiger partial charge is 0.490 e. The summed E-state index contributed by atoms with van der Waals surface area (Å²) in [5, 5.41) is 8.76. The van der Waals surface area contributed by atoms with Gasteiger partial charge in [0.25, 0.3) is 0 Å². The third-order valence-corrected chi connectivity index (χ3v) is 2.42. The number of carboxylic acids is 1. The molecule has 0 amide bonds. The van der Waals surface area contributed by atoms with Crippen LogP contribution < -0.4 is 4.74 Å². The van der Waals surface area contributed by atoms with Crippen LogP contribution in [0.5, 0.6) is 5.75 Å². The van der Waals surface area contributed by atoms with E-state index in [1.165, 1.54) is 0 Å². The van der Waals surface area contributed by atoms with Gasteiger partial charge in [-0.3, -0.25) is 0 Å². The fraction of sp³-hybridized carbons (Fsp3) is 0.154. The van der Waals surface area contributed by atoms with E-state index in [-0.39, 0.29) is 0 Å². The van der Waals surface area contributed by atoms with Crippen molar-refractivity contribution in [2.24, 2.45) is 0 Å². The lowest BCUT2D eigenvalue weighted by atomic mass is 10.2. The molecule has 0 bridgehead atoms. The van der Waals surface area contributed by atoms with Gasteiger partial charge in [0.05, 0.1) is 0 Å². The van der Waals surface area contributed by atoms with Crippen molar-refractivity contribution in [3.8, 4) is 5.75 Å². The lowest BCUT2D eigenvalue weighted by Crippen LogP contribution is -1.92.